The molecule has 0 saturated carbocycles. The van der Waals surface area contributed by atoms with Gasteiger partial charge in [-0.2, -0.15) is 4.98 Å². The SMILES string of the molecule is CCc1noc2nc(C)nc(N3CCCC(C(=O)NCc4ccc(C)o4)C3)c12. The van der Waals surface area contributed by atoms with Crippen molar-refractivity contribution in [3.05, 3.63) is 35.2 Å². The fourth-order valence-electron chi connectivity index (χ4n) is 3.75. The minimum Gasteiger partial charge on any atom is -0.465 e. The Hall–Kier alpha value is -2.90. The first-order chi connectivity index (χ1) is 13.5. The first-order valence-electron chi connectivity index (χ1n) is 9.76. The maximum Gasteiger partial charge on any atom is 0.263 e. The van der Waals surface area contributed by atoms with Crippen molar-refractivity contribution in [3.8, 4) is 0 Å². The van der Waals surface area contributed by atoms with Crippen LogP contribution in [-0.2, 0) is 17.8 Å². The van der Waals surface area contributed by atoms with Crippen LogP contribution in [0.5, 0.6) is 0 Å². The van der Waals surface area contributed by atoms with Crippen LogP contribution >= 0.6 is 0 Å². The van der Waals surface area contributed by atoms with Crippen LogP contribution in [-0.4, -0.2) is 34.1 Å². The average Bonchev–Trinajstić information content (AvgIpc) is 3.31. The number of carbonyl (C=O) groups is 1. The second-order valence-electron chi connectivity index (χ2n) is 7.27. The smallest absolute Gasteiger partial charge is 0.263 e. The fourth-order valence-corrected chi connectivity index (χ4v) is 3.75. The van der Waals surface area contributed by atoms with E-state index in [-0.39, 0.29) is 11.8 Å². The first kappa shape index (κ1) is 18.5. The maximum atomic E-state index is 12.7. The molecule has 0 aromatic carbocycles. The Morgan fingerprint density at radius 3 is 2.93 bits per heavy atom. The third-order valence-corrected chi connectivity index (χ3v) is 5.16. The van der Waals surface area contributed by atoms with Crippen molar-refractivity contribution in [2.75, 3.05) is 18.0 Å². The number of carbonyl (C=O) groups excluding carboxylic acids is 1. The second-order valence-corrected chi connectivity index (χ2v) is 7.27. The van der Waals surface area contributed by atoms with E-state index in [1.807, 2.05) is 32.9 Å². The van der Waals surface area contributed by atoms with Gasteiger partial charge in [-0.25, -0.2) is 4.98 Å². The Kier molecular flexibility index (Phi) is 5.02. The van der Waals surface area contributed by atoms with Crippen molar-refractivity contribution in [1.82, 2.24) is 20.4 Å². The molecule has 28 heavy (non-hydrogen) atoms. The molecule has 1 fully saturated rings. The number of aromatic nitrogens is 3. The molecule has 148 valence electrons. The van der Waals surface area contributed by atoms with Gasteiger partial charge in [0.25, 0.3) is 5.71 Å². The van der Waals surface area contributed by atoms with E-state index in [4.69, 9.17) is 8.94 Å². The van der Waals surface area contributed by atoms with Crippen LogP contribution in [0.1, 0.15) is 42.8 Å². The number of rotatable bonds is 5. The molecule has 4 rings (SSSR count). The monoisotopic (exact) mass is 383 g/mol. The molecule has 1 atom stereocenters. The third kappa shape index (κ3) is 3.58. The highest BCUT2D eigenvalue weighted by atomic mass is 16.5. The number of hydrogen-bond acceptors (Lipinski definition) is 7. The number of furan rings is 1. The predicted molar refractivity (Wildman–Crippen MR) is 104 cm³/mol. The summed E-state index contributed by atoms with van der Waals surface area (Å²) in [6, 6.07) is 3.79. The summed E-state index contributed by atoms with van der Waals surface area (Å²) < 4.78 is 10.9. The zero-order valence-corrected chi connectivity index (χ0v) is 16.5. The van der Waals surface area contributed by atoms with Crippen molar-refractivity contribution in [2.24, 2.45) is 5.92 Å². The van der Waals surface area contributed by atoms with E-state index >= 15 is 0 Å². The van der Waals surface area contributed by atoms with E-state index in [1.165, 1.54) is 0 Å². The number of piperidine rings is 1. The number of nitrogens with zero attached hydrogens (tertiary/aromatic N) is 4. The molecule has 3 aromatic rings. The molecule has 1 unspecified atom stereocenters. The van der Waals surface area contributed by atoms with Crippen molar-refractivity contribution in [3.63, 3.8) is 0 Å². The van der Waals surface area contributed by atoms with Gasteiger partial charge in [0.15, 0.2) is 0 Å². The highest BCUT2D eigenvalue weighted by Crippen LogP contribution is 2.30. The van der Waals surface area contributed by atoms with Crippen LogP contribution in [0.15, 0.2) is 21.1 Å². The summed E-state index contributed by atoms with van der Waals surface area (Å²) in [7, 11) is 0. The lowest BCUT2D eigenvalue weighted by Gasteiger charge is -2.33. The van der Waals surface area contributed by atoms with Crippen molar-refractivity contribution in [2.45, 2.75) is 46.6 Å². The van der Waals surface area contributed by atoms with Gasteiger partial charge in [0, 0.05) is 13.1 Å². The molecule has 1 saturated heterocycles. The summed E-state index contributed by atoms with van der Waals surface area (Å²) in [6.45, 7) is 7.64. The summed E-state index contributed by atoms with van der Waals surface area (Å²) in [5.41, 5.74) is 1.36. The molecule has 1 aliphatic rings. The number of fused-ring (bicyclic) bond motifs is 1. The molecule has 3 aromatic heterocycles. The van der Waals surface area contributed by atoms with Gasteiger partial charge in [-0.1, -0.05) is 12.1 Å². The summed E-state index contributed by atoms with van der Waals surface area (Å²) >= 11 is 0. The van der Waals surface area contributed by atoms with E-state index in [1.54, 1.807) is 0 Å². The fraction of sp³-hybridized carbons (Fsp3) is 0.500. The Balaban J connectivity index is 1.51. The molecule has 0 spiro atoms. The minimum absolute atomic E-state index is 0.0433. The lowest BCUT2D eigenvalue weighted by Crippen LogP contribution is -2.43. The van der Waals surface area contributed by atoms with E-state index in [0.717, 1.165) is 54.2 Å². The second kappa shape index (κ2) is 7.61. The third-order valence-electron chi connectivity index (χ3n) is 5.16. The van der Waals surface area contributed by atoms with Crippen molar-refractivity contribution in [1.29, 1.82) is 0 Å². The molecule has 8 nitrogen and oxygen atoms in total. The lowest BCUT2D eigenvalue weighted by atomic mass is 9.96. The van der Waals surface area contributed by atoms with Crippen molar-refractivity contribution < 1.29 is 13.7 Å². The van der Waals surface area contributed by atoms with Gasteiger partial charge < -0.3 is 19.2 Å². The minimum atomic E-state index is -0.0972. The number of anilines is 1. The molecule has 1 N–H and O–H groups in total. The van der Waals surface area contributed by atoms with E-state index in [9.17, 15) is 4.79 Å². The molecule has 4 heterocycles. The van der Waals surface area contributed by atoms with Crippen LogP contribution in [0, 0.1) is 19.8 Å². The molecular formula is C20H25N5O3. The summed E-state index contributed by atoms with van der Waals surface area (Å²) in [6.07, 6.45) is 2.53. The van der Waals surface area contributed by atoms with Crippen LogP contribution in [0.25, 0.3) is 11.1 Å². The Morgan fingerprint density at radius 2 is 2.18 bits per heavy atom. The molecule has 1 aliphatic heterocycles. The van der Waals surface area contributed by atoms with E-state index in [2.05, 4.69) is 25.3 Å². The molecular weight excluding hydrogens is 358 g/mol. The van der Waals surface area contributed by atoms with Crippen molar-refractivity contribution >= 4 is 22.8 Å². The number of nitrogens with one attached hydrogen (secondary N) is 1. The topological polar surface area (TPSA) is 97.3 Å². The molecule has 0 bridgehead atoms. The zero-order valence-electron chi connectivity index (χ0n) is 16.5. The summed E-state index contributed by atoms with van der Waals surface area (Å²) in [5, 5.41) is 7.99. The van der Waals surface area contributed by atoms with Gasteiger partial charge in [-0.05, 0) is 45.2 Å². The molecule has 8 heteroatoms. The summed E-state index contributed by atoms with van der Waals surface area (Å²) in [5.74, 6) is 3.02. The van der Waals surface area contributed by atoms with Crippen LogP contribution in [0.4, 0.5) is 5.82 Å². The van der Waals surface area contributed by atoms with Crippen LogP contribution in [0.2, 0.25) is 0 Å². The van der Waals surface area contributed by atoms with E-state index in [0.29, 0.717) is 24.6 Å². The van der Waals surface area contributed by atoms with Gasteiger partial charge in [0.05, 0.1) is 18.2 Å². The largest absolute Gasteiger partial charge is 0.465 e. The number of amides is 1. The lowest BCUT2D eigenvalue weighted by molar-refractivity contribution is -0.125. The first-order valence-corrected chi connectivity index (χ1v) is 9.76. The van der Waals surface area contributed by atoms with Gasteiger partial charge >= 0.3 is 0 Å². The number of aryl methyl sites for hydroxylation is 3. The van der Waals surface area contributed by atoms with Gasteiger partial charge in [0.2, 0.25) is 5.91 Å². The highest BCUT2D eigenvalue weighted by Gasteiger charge is 2.29. The predicted octanol–water partition coefficient (Wildman–Crippen LogP) is 2.92. The average molecular weight is 383 g/mol. The summed E-state index contributed by atoms with van der Waals surface area (Å²) in [4.78, 5) is 23.9. The number of hydrogen-bond donors (Lipinski definition) is 1. The molecule has 1 amide bonds. The normalized spacial score (nSPS) is 17.2. The highest BCUT2D eigenvalue weighted by molar-refractivity contribution is 5.89. The van der Waals surface area contributed by atoms with E-state index < -0.39 is 0 Å². The van der Waals surface area contributed by atoms with Crippen LogP contribution in [0.3, 0.4) is 0 Å². The maximum absolute atomic E-state index is 12.7. The Bertz CT molecular complexity index is 993. The quantitative estimate of drug-likeness (QED) is 0.723. The molecule has 0 aliphatic carbocycles. The van der Waals surface area contributed by atoms with Gasteiger partial charge in [-0.3, -0.25) is 4.79 Å². The Morgan fingerprint density at radius 1 is 1.32 bits per heavy atom. The van der Waals surface area contributed by atoms with Gasteiger partial charge in [-0.15, -0.1) is 0 Å². The Labute approximate surface area is 163 Å². The van der Waals surface area contributed by atoms with Crippen LogP contribution < -0.4 is 10.2 Å². The standard InChI is InChI=1S/C20H25N5O3/c1-4-16-17-18(22-13(3)23-20(17)28-24-16)25-9-5-6-14(11-25)19(26)21-10-15-8-7-12(2)27-15/h7-8,14H,4-6,9-11H2,1-3H3,(H,21,26). The van der Waals surface area contributed by atoms with Gasteiger partial charge in [0.1, 0.15) is 28.5 Å². The molecule has 0 radical (unpaired) electrons. The zero-order chi connectivity index (χ0) is 19.7.